The van der Waals surface area contributed by atoms with Crippen molar-refractivity contribution in [3.63, 3.8) is 0 Å². The number of fused-ring (bicyclic) bond motifs is 1. The van der Waals surface area contributed by atoms with Gasteiger partial charge in [-0.25, -0.2) is 4.98 Å². The second kappa shape index (κ2) is 9.41. The van der Waals surface area contributed by atoms with E-state index in [0.29, 0.717) is 26.2 Å². The molecule has 1 fully saturated rings. The second-order valence-corrected chi connectivity index (χ2v) is 10.1. The maximum atomic E-state index is 12.8. The van der Waals surface area contributed by atoms with Crippen LogP contribution in [0.3, 0.4) is 0 Å². The van der Waals surface area contributed by atoms with Crippen molar-refractivity contribution < 1.29 is 9.59 Å². The SMILES string of the molecule is C[C@@H](c1nc2ccccc2s1)N(C)CC(=O)N1CCN(CC(=O)NC(C)(C)C)CC1. The van der Waals surface area contributed by atoms with E-state index in [2.05, 4.69) is 28.1 Å². The Morgan fingerprint density at radius 3 is 2.50 bits per heavy atom. The normalized spacial score (nSPS) is 16.8. The fourth-order valence-corrected chi connectivity index (χ4v) is 4.61. The van der Waals surface area contributed by atoms with Gasteiger partial charge >= 0.3 is 0 Å². The fourth-order valence-electron chi connectivity index (χ4n) is 3.52. The van der Waals surface area contributed by atoms with E-state index in [9.17, 15) is 9.59 Å². The molecule has 2 heterocycles. The topological polar surface area (TPSA) is 68.8 Å². The zero-order valence-corrected chi connectivity index (χ0v) is 19.5. The highest BCUT2D eigenvalue weighted by Gasteiger charge is 2.26. The molecule has 1 aliphatic rings. The molecule has 0 spiro atoms. The van der Waals surface area contributed by atoms with Crippen molar-refractivity contribution in [2.45, 2.75) is 39.3 Å². The van der Waals surface area contributed by atoms with Crippen molar-refractivity contribution in [1.29, 1.82) is 0 Å². The Morgan fingerprint density at radius 2 is 1.87 bits per heavy atom. The summed E-state index contributed by atoms with van der Waals surface area (Å²) in [5, 5.41) is 4.02. The molecule has 0 bridgehead atoms. The minimum atomic E-state index is -0.223. The van der Waals surface area contributed by atoms with Crippen LogP contribution in [0, 0.1) is 0 Å². The number of nitrogens with zero attached hydrogens (tertiary/aromatic N) is 4. The van der Waals surface area contributed by atoms with E-state index in [-0.39, 0.29) is 23.4 Å². The van der Waals surface area contributed by atoms with Crippen LogP contribution in [0.1, 0.15) is 38.7 Å². The molecule has 1 saturated heterocycles. The highest BCUT2D eigenvalue weighted by atomic mass is 32.1. The molecule has 1 N–H and O–H groups in total. The molecule has 0 aliphatic carbocycles. The summed E-state index contributed by atoms with van der Waals surface area (Å²) in [6, 6.07) is 8.20. The highest BCUT2D eigenvalue weighted by Crippen LogP contribution is 2.28. The van der Waals surface area contributed by atoms with Gasteiger partial charge in [0.2, 0.25) is 11.8 Å². The highest BCUT2D eigenvalue weighted by molar-refractivity contribution is 7.18. The van der Waals surface area contributed by atoms with E-state index < -0.39 is 0 Å². The first-order valence-electron chi connectivity index (χ1n) is 10.5. The van der Waals surface area contributed by atoms with Crippen molar-refractivity contribution in [1.82, 2.24) is 25.0 Å². The first-order chi connectivity index (χ1) is 14.1. The molecular formula is C22H33N5O2S. The minimum absolute atomic E-state index is 0.0340. The number of hydrogen-bond donors (Lipinski definition) is 1. The van der Waals surface area contributed by atoms with Crippen LogP contribution >= 0.6 is 11.3 Å². The Kier molecular flexibility index (Phi) is 7.10. The number of aromatic nitrogens is 1. The molecular weight excluding hydrogens is 398 g/mol. The van der Waals surface area contributed by atoms with Gasteiger partial charge in [0.05, 0.1) is 29.3 Å². The van der Waals surface area contributed by atoms with E-state index in [4.69, 9.17) is 4.98 Å². The van der Waals surface area contributed by atoms with Gasteiger partial charge < -0.3 is 10.2 Å². The second-order valence-electron chi connectivity index (χ2n) is 9.07. The van der Waals surface area contributed by atoms with Crippen molar-refractivity contribution in [2.75, 3.05) is 46.3 Å². The van der Waals surface area contributed by atoms with E-state index in [1.54, 1.807) is 11.3 Å². The summed E-state index contributed by atoms with van der Waals surface area (Å²) in [6.07, 6.45) is 0. The van der Waals surface area contributed by atoms with Crippen LogP contribution in [0.15, 0.2) is 24.3 Å². The van der Waals surface area contributed by atoms with E-state index in [1.807, 2.05) is 50.9 Å². The Balaban J connectivity index is 1.47. The van der Waals surface area contributed by atoms with Gasteiger partial charge in [0, 0.05) is 31.7 Å². The molecule has 2 aromatic rings. The third-order valence-electron chi connectivity index (χ3n) is 5.32. The van der Waals surface area contributed by atoms with Gasteiger partial charge in [-0.1, -0.05) is 12.1 Å². The molecule has 164 valence electrons. The summed E-state index contributed by atoms with van der Waals surface area (Å²) in [6.45, 7) is 11.5. The lowest BCUT2D eigenvalue weighted by atomic mass is 10.1. The summed E-state index contributed by atoms with van der Waals surface area (Å²) >= 11 is 1.68. The van der Waals surface area contributed by atoms with Crippen LogP contribution in [0.5, 0.6) is 0 Å². The minimum Gasteiger partial charge on any atom is -0.350 e. The predicted molar refractivity (Wildman–Crippen MR) is 122 cm³/mol. The summed E-state index contributed by atoms with van der Waals surface area (Å²) in [5.41, 5.74) is 0.787. The molecule has 30 heavy (non-hydrogen) atoms. The number of carbonyl (C=O) groups is 2. The number of benzene rings is 1. The molecule has 1 aromatic heterocycles. The van der Waals surface area contributed by atoms with Crippen molar-refractivity contribution >= 4 is 33.4 Å². The smallest absolute Gasteiger partial charge is 0.236 e. The molecule has 1 aromatic carbocycles. The zero-order valence-electron chi connectivity index (χ0n) is 18.6. The Bertz CT molecular complexity index is 850. The van der Waals surface area contributed by atoms with E-state index in [0.717, 1.165) is 23.6 Å². The number of carbonyl (C=O) groups excluding carboxylic acids is 2. The number of likely N-dealkylation sites (N-methyl/N-ethyl adjacent to an activating group) is 1. The number of para-hydroxylation sites is 1. The molecule has 2 amide bonds. The zero-order chi connectivity index (χ0) is 21.9. The number of hydrogen-bond acceptors (Lipinski definition) is 6. The molecule has 1 atom stereocenters. The maximum Gasteiger partial charge on any atom is 0.236 e. The van der Waals surface area contributed by atoms with Crippen LogP contribution < -0.4 is 5.32 Å². The van der Waals surface area contributed by atoms with Gasteiger partial charge in [-0.3, -0.25) is 19.4 Å². The monoisotopic (exact) mass is 431 g/mol. The lowest BCUT2D eigenvalue weighted by molar-refractivity contribution is -0.134. The lowest BCUT2D eigenvalue weighted by Gasteiger charge is -2.36. The average Bonchev–Trinajstić information content (AvgIpc) is 3.10. The summed E-state index contributed by atoms with van der Waals surface area (Å²) in [4.78, 5) is 35.7. The summed E-state index contributed by atoms with van der Waals surface area (Å²) in [5.74, 6) is 0.163. The first kappa shape index (κ1) is 22.7. The molecule has 3 rings (SSSR count). The Morgan fingerprint density at radius 1 is 1.20 bits per heavy atom. The summed E-state index contributed by atoms with van der Waals surface area (Å²) in [7, 11) is 1.97. The van der Waals surface area contributed by atoms with Crippen molar-refractivity contribution in [2.24, 2.45) is 0 Å². The van der Waals surface area contributed by atoms with Crippen LogP contribution in [-0.2, 0) is 9.59 Å². The van der Waals surface area contributed by atoms with Crippen LogP contribution in [0.4, 0.5) is 0 Å². The molecule has 1 aliphatic heterocycles. The number of piperazine rings is 1. The maximum absolute atomic E-state index is 12.8. The van der Waals surface area contributed by atoms with E-state index in [1.165, 1.54) is 4.70 Å². The molecule has 0 radical (unpaired) electrons. The largest absolute Gasteiger partial charge is 0.350 e. The average molecular weight is 432 g/mol. The molecule has 7 nitrogen and oxygen atoms in total. The standard InChI is InChI=1S/C22H33N5O2S/c1-16(21-23-17-8-6-7-9-18(17)30-21)25(5)15-20(29)27-12-10-26(11-13-27)14-19(28)24-22(2,3)4/h6-9,16H,10-15H2,1-5H3,(H,24,28)/t16-/m0/s1. The first-order valence-corrected chi connectivity index (χ1v) is 11.3. The number of thiazole rings is 1. The Labute approximate surface area is 183 Å². The predicted octanol–water partition coefficient (Wildman–Crippen LogP) is 2.35. The van der Waals surface area contributed by atoms with E-state index >= 15 is 0 Å². The van der Waals surface area contributed by atoms with Gasteiger partial charge in [0.15, 0.2) is 0 Å². The van der Waals surface area contributed by atoms with Gasteiger partial charge in [-0.15, -0.1) is 11.3 Å². The molecule has 0 unspecified atom stereocenters. The third-order valence-corrected chi connectivity index (χ3v) is 6.53. The fraction of sp³-hybridized carbons (Fsp3) is 0.591. The van der Waals surface area contributed by atoms with Gasteiger partial charge in [-0.05, 0) is 46.9 Å². The van der Waals surface area contributed by atoms with Crippen LogP contribution in [0.2, 0.25) is 0 Å². The quantitative estimate of drug-likeness (QED) is 0.760. The van der Waals surface area contributed by atoms with Crippen molar-refractivity contribution in [3.05, 3.63) is 29.3 Å². The van der Waals surface area contributed by atoms with Crippen molar-refractivity contribution in [3.8, 4) is 0 Å². The molecule has 8 heteroatoms. The summed E-state index contributed by atoms with van der Waals surface area (Å²) < 4.78 is 1.17. The lowest BCUT2D eigenvalue weighted by Crippen LogP contribution is -2.54. The number of amides is 2. The van der Waals surface area contributed by atoms with Crippen LogP contribution in [-0.4, -0.2) is 83.4 Å². The van der Waals surface area contributed by atoms with Crippen LogP contribution in [0.25, 0.3) is 10.2 Å². The third kappa shape index (κ3) is 6.00. The van der Waals surface area contributed by atoms with Gasteiger partial charge in [0.25, 0.3) is 0 Å². The van der Waals surface area contributed by atoms with Gasteiger partial charge in [0.1, 0.15) is 5.01 Å². The number of nitrogens with one attached hydrogen (secondary N) is 1. The van der Waals surface area contributed by atoms with Gasteiger partial charge in [-0.2, -0.15) is 0 Å². The number of rotatable bonds is 6. The molecule has 0 saturated carbocycles. The Hall–Kier alpha value is -2.03.